The van der Waals surface area contributed by atoms with Crippen molar-refractivity contribution in [2.75, 3.05) is 18.5 Å². The van der Waals surface area contributed by atoms with Crippen molar-refractivity contribution in [3.63, 3.8) is 0 Å². The maximum absolute atomic E-state index is 12.9. The molecular weight excluding hydrogens is 486 g/mol. The average molecular weight is 510 g/mol. The molecule has 10 heteroatoms. The van der Waals surface area contributed by atoms with Gasteiger partial charge < -0.3 is 15.0 Å². The fraction of sp³-hybridized carbons (Fsp3) is 0.269. The zero-order chi connectivity index (χ0) is 26.3. The van der Waals surface area contributed by atoms with Crippen LogP contribution in [-0.4, -0.2) is 25.9 Å². The Morgan fingerprint density at radius 3 is 2.17 bits per heavy atom. The summed E-state index contributed by atoms with van der Waals surface area (Å²) < 4.78 is 81.0. The fourth-order valence-electron chi connectivity index (χ4n) is 3.83. The molecule has 0 bridgehead atoms. The number of likely N-dealkylation sites (N-methyl/N-ethyl adjacent to an activating group) is 1. The molecule has 3 aromatic carbocycles. The number of nitrogens with one attached hydrogen (secondary N) is 1. The molecule has 0 saturated carbocycles. The van der Waals surface area contributed by atoms with Crippen LogP contribution >= 0.6 is 0 Å². The van der Waals surface area contributed by atoms with Gasteiger partial charge in [0.1, 0.15) is 11.8 Å². The van der Waals surface area contributed by atoms with Gasteiger partial charge >= 0.3 is 12.5 Å². The summed E-state index contributed by atoms with van der Waals surface area (Å²) in [5.41, 5.74) is 0.849. The van der Waals surface area contributed by atoms with Crippen molar-refractivity contribution in [2.24, 2.45) is 0 Å². The Morgan fingerprint density at radius 2 is 1.58 bits per heavy atom. The summed E-state index contributed by atoms with van der Waals surface area (Å²) in [5, 5.41) is 2.60. The first-order chi connectivity index (χ1) is 17.0. The third kappa shape index (κ3) is 7.40. The van der Waals surface area contributed by atoms with Crippen molar-refractivity contribution in [2.45, 2.75) is 31.4 Å². The van der Waals surface area contributed by atoms with E-state index in [0.717, 1.165) is 18.2 Å². The van der Waals surface area contributed by atoms with E-state index in [-0.39, 0.29) is 12.5 Å². The number of anilines is 1. The second kappa shape index (κ2) is 11.4. The first-order valence-corrected chi connectivity index (χ1v) is 11.0. The molecule has 36 heavy (non-hydrogen) atoms. The first-order valence-electron chi connectivity index (χ1n) is 11.0. The van der Waals surface area contributed by atoms with Crippen molar-refractivity contribution in [1.82, 2.24) is 5.32 Å². The average Bonchev–Trinajstić information content (AvgIpc) is 2.82. The highest BCUT2D eigenvalue weighted by Crippen LogP contribution is 2.33. The maximum atomic E-state index is 12.9. The van der Waals surface area contributed by atoms with Crippen molar-refractivity contribution < 1.29 is 35.9 Å². The number of halogens is 6. The Balaban J connectivity index is 1.90. The standard InChI is InChI=1S/C26H24F6N2O2/c1-33-24(35)23(19-8-3-2-4-9-19)34(21-10-5-11-22(17-21)36-26(30,31)32)16-6-7-18-12-14-20(15-13-18)25(27,28)29/h2-5,8-15,17,23H,6-7,16H2,1H3,(H,33,35)/t23-/m0/s1. The van der Waals surface area contributed by atoms with E-state index in [1.54, 1.807) is 41.3 Å². The number of carbonyl (C=O) groups excluding carboxylic acids is 1. The smallest absolute Gasteiger partial charge is 0.406 e. The van der Waals surface area contributed by atoms with Crippen LogP contribution in [0.1, 0.15) is 29.2 Å². The Labute approximate surface area is 204 Å². The van der Waals surface area contributed by atoms with E-state index in [1.807, 2.05) is 0 Å². The van der Waals surface area contributed by atoms with E-state index < -0.39 is 29.9 Å². The summed E-state index contributed by atoms with van der Waals surface area (Å²) in [4.78, 5) is 14.6. The number of nitrogens with zero attached hydrogens (tertiary/aromatic N) is 1. The minimum atomic E-state index is -4.88. The van der Waals surface area contributed by atoms with Gasteiger partial charge in [-0.25, -0.2) is 0 Å². The van der Waals surface area contributed by atoms with Crippen LogP contribution in [0.5, 0.6) is 5.75 Å². The third-order valence-corrected chi connectivity index (χ3v) is 5.45. The number of carbonyl (C=O) groups is 1. The first kappa shape index (κ1) is 26.9. The molecular formula is C26H24F6N2O2. The van der Waals surface area contributed by atoms with E-state index in [9.17, 15) is 31.1 Å². The van der Waals surface area contributed by atoms with Gasteiger partial charge in [-0.2, -0.15) is 13.2 Å². The lowest BCUT2D eigenvalue weighted by Gasteiger charge is -2.33. The Bertz CT molecular complexity index is 1130. The summed E-state index contributed by atoms with van der Waals surface area (Å²) >= 11 is 0. The quantitative estimate of drug-likeness (QED) is 0.333. The molecule has 0 saturated heterocycles. The Hall–Kier alpha value is -3.69. The van der Waals surface area contributed by atoms with Crippen LogP contribution in [0, 0.1) is 0 Å². The monoisotopic (exact) mass is 510 g/mol. The number of aryl methyl sites for hydroxylation is 1. The predicted octanol–water partition coefficient (Wildman–Crippen LogP) is 6.53. The highest BCUT2D eigenvalue weighted by molar-refractivity contribution is 5.86. The lowest BCUT2D eigenvalue weighted by Crippen LogP contribution is -2.40. The minimum Gasteiger partial charge on any atom is -0.406 e. The predicted molar refractivity (Wildman–Crippen MR) is 123 cm³/mol. The SMILES string of the molecule is CNC(=O)[C@H](c1ccccc1)N(CCCc1ccc(C(F)(F)F)cc1)c1cccc(OC(F)(F)F)c1. The van der Waals surface area contributed by atoms with Crippen molar-refractivity contribution in [3.8, 4) is 5.75 Å². The molecule has 3 aromatic rings. The summed E-state index contributed by atoms with van der Waals surface area (Å²) in [6.07, 6.45) is -8.51. The van der Waals surface area contributed by atoms with Crippen molar-refractivity contribution in [3.05, 3.63) is 95.6 Å². The number of rotatable bonds is 9. The molecule has 4 nitrogen and oxygen atoms in total. The molecule has 0 aromatic heterocycles. The zero-order valence-electron chi connectivity index (χ0n) is 19.2. The maximum Gasteiger partial charge on any atom is 0.573 e. The van der Waals surface area contributed by atoms with Gasteiger partial charge in [0.25, 0.3) is 0 Å². The van der Waals surface area contributed by atoms with Crippen LogP contribution in [0.15, 0.2) is 78.9 Å². The normalized spacial score (nSPS) is 12.6. The summed E-state index contributed by atoms with van der Waals surface area (Å²) in [5.74, 6) is -0.811. The van der Waals surface area contributed by atoms with Crippen LogP contribution in [0.25, 0.3) is 0 Å². The molecule has 192 valence electrons. The summed E-state index contributed by atoms with van der Waals surface area (Å²) in [7, 11) is 1.46. The number of amides is 1. The Kier molecular flexibility index (Phi) is 8.49. The number of ether oxygens (including phenoxy) is 1. The van der Waals surface area contributed by atoms with Crippen LogP contribution in [0.3, 0.4) is 0 Å². The van der Waals surface area contributed by atoms with E-state index in [0.29, 0.717) is 29.7 Å². The molecule has 3 rings (SSSR count). The molecule has 1 amide bonds. The van der Waals surface area contributed by atoms with E-state index in [2.05, 4.69) is 10.1 Å². The number of alkyl halides is 6. The second-order valence-electron chi connectivity index (χ2n) is 7.96. The van der Waals surface area contributed by atoms with Gasteiger partial charge in [-0.15, -0.1) is 13.2 Å². The molecule has 0 unspecified atom stereocenters. The minimum absolute atomic E-state index is 0.226. The zero-order valence-corrected chi connectivity index (χ0v) is 19.2. The van der Waals surface area contributed by atoms with Crippen LogP contribution in [-0.2, 0) is 17.4 Å². The Morgan fingerprint density at radius 1 is 0.917 bits per heavy atom. The van der Waals surface area contributed by atoms with Gasteiger partial charge in [0, 0.05) is 25.3 Å². The van der Waals surface area contributed by atoms with Crippen LogP contribution in [0.4, 0.5) is 32.0 Å². The van der Waals surface area contributed by atoms with Gasteiger partial charge in [0.15, 0.2) is 0 Å². The van der Waals surface area contributed by atoms with E-state index in [4.69, 9.17) is 0 Å². The van der Waals surface area contributed by atoms with Crippen LogP contribution in [0.2, 0.25) is 0 Å². The lowest BCUT2D eigenvalue weighted by molar-refractivity contribution is -0.274. The molecule has 1 atom stereocenters. The third-order valence-electron chi connectivity index (χ3n) is 5.45. The molecule has 0 spiro atoms. The van der Waals surface area contributed by atoms with Crippen molar-refractivity contribution in [1.29, 1.82) is 0 Å². The number of hydrogen-bond acceptors (Lipinski definition) is 3. The summed E-state index contributed by atoms with van der Waals surface area (Å²) in [6.45, 7) is 0.226. The fourth-order valence-corrected chi connectivity index (χ4v) is 3.83. The largest absolute Gasteiger partial charge is 0.573 e. The van der Waals surface area contributed by atoms with Crippen molar-refractivity contribution >= 4 is 11.6 Å². The molecule has 0 fully saturated rings. The van der Waals surface area contributed by atoms with Gasteiger partial charge in [-0.3, -0.25) is 4.79 Å². The van der Waals surface area contributed by atoms with E-state index in [1.165, 1.54) is 31.3 Å². The molecule has 1 N–H and O–H groups in total. The van der Waals surface area contributed by atoms with Gasteiger partial charge in [0.2, 0.25) is 5.91 Å². The molecule has 0 heterocycles. The van der Waals surface area contributed by atoms with Gasteiger partial charge in [-0.1, -0.05) is 48.5 Å². The van der Waals surface area contributed by atoms with Crippen LogP contribution < -0.4 is 15.0 Å². The second-order valence-corrected chi connectivity index (χ2v) is 7.96. The van der Waals surface area contributed by atoms with Gasteiger partial charge in [-0.05, 0) is 48.2 Å². The highest BCUT2D eigenvalue weighted by atomic mass is 19.4. The number of hydrogen-bond donors (Lipinski definition) is 1. The number of benzene rings is 3. The van der Waals surface area contributed by atoms with Gasteiger partial charge in [0.05, 0.1) is 5.56 Å². The molecule has 0 radical (unpaired) electrons. The van der Waals surface area contributed by atoms with E-state index >= 15 is 0 Å². The lowest BCUT2D eigenvalue weighted by atomic mass is 10.0. The highest BCUT2D eigenvalue weighted by Gasteiger charge is 2.32. The summed E-state index contributed by atoms with van der Waals surface area (Å²) in [6, 6.07) is 18.0. The molecule has 0 aliphatic rings. The molecule has 0 aliphatic heterocycles. The topological polar surface area (TPSA) is 41.6 Å². The molecule has 0 aliphatic carbocycles.